The number of sulfone groups is 1. The van der Waals surface area contributed by atoms with Crippen LogP contribution in [0.25, 0.3) is 0 Å². The Bertz CT molecular complexity index is 600. The van der Waals surface area contributed by atoms with Crippen molar-refractivity contribution in [2.75, 3.05) is 5.75 Å². The topological polar surface area (TPSA) is 93.4 Å². The number of aliphatic carboxylic acids is 1. The van der Waals surface area contributed by atoms with Crippen molar-refractivity contribution in [3.05, 3.63) is 34.7 Å². The number of hydrogen-bond donors (Lipinski definition) is 1. The normalized spacial score (nSPS) is 12.3. The second-order valence-electron chi connectivity index (χ2n) is 4.37. The van der Waals surface area contributed by atoms with Crippen molar-refractivity contribution in [1.29, 1.82) is 0 Å². The van der Waals surface area contributed by atoms with Gasteiger partial charge in [-0.25, -0.2) is 8.42 Å². The van der Waals surface area contributed by atoms with E-state index in [1.54, 1.807) is 12.1 Å². The van der Waals surface area contributed by atoms with Crippen LogP contribution in [0.15, 0.2) is 29.2 Å². The Labute approximate surface area is 105 Å². The molecule has 0 bridgehead atoms. The van der Waals surface area contributed by atoms with Gasteiger partial charge in [0.15, 0.2) is 14.6 Å². The third-order valence-electron chi connectivity index (χ3n) is 2.79. The van der Waals surface area contributed by atoms with Crippen LogP contribution in [0.3, 0.4) is 0 Å². The third kappa shape index (κ3) is 2.79. The number of carboxylic acid groups (broad SMARTS) is 1. The van der Waals surface area contributed by atoms with Gasteiger partial charge in [-0.3, -0.25) is 9.59 Å². The Hall–Kier alpha value is -1.63. The summed E-state index contributed by atoms with van der Waals surface area (Å²) in [6.45, 7) is 2.22. The van der Waals surface area contributed by atoms with Gasteiger partial charge in [0.2, 0.25) is 0 Å². The minimum Gasteiger partial charge on any atom is -0.480 e. The molecule has 1 aromatic heterocycles. The number of carbonyl (C=O) groups is 1. The fraction of sp³-hybridized carbons (Fsp3) is 0.455. The molecule has 1 aromatic rings. The van der Waals surface area contributed by atoms with E-state index >= 15 is 0 Å². The number of aryl methyl sites for hydroxylation is 1. The molecule has 0 amide bonds. The molecule has 0 atom stereocenters. The molecule has 1 rings (SSSR count). The number of aromatic nitrogens is 1. The molecule has 18 heavy (non-hydrogen) atoms. The van der Waals surface area contributed by atoms with Crippen molar-refractivity contribution in [1.82, 2.24) is 4.57 Å². The lowest BCUT2D eigenvalue weighted by molar-refractivity contribution is -0.139. The molecular weight excluding hydrogens is 258 g/mol. The molecule has 0 fully saturated rings. The minimum absolute atomic E-state index is 0.0568. The van der Waals surface area contributed by atoms with Crippen LogP contribution in [-0.2, 0) is 21.2 Å². The zero-order chi connectivity index (χ0) is 14.0. The lowest BCUT2D eigenvalue weighted by Gasteiger charge is -2.19. The quantitative estimate of drug-likeness (QED) is 0.822. The summed E-state index contributed by atoms with van der Waals surface area (Å²) in [5.74, 6) is -1.79. The molecule has 0 aliphatic heterocycles. The second kappa shape index (κ2) is 4.93. The average Bonchev–Trinajstić information content (AvgIpc) is 2.27. The predicted octanol–water partition coefficient (Wildman–Crippen LogP) is 0.126. The van der Waals surface area contributed by atoms with Crippen LogP contribution in [0.4, 0.5) is 0 Å². The largest absolute Gasteiger partial charge is 0.480 e. The van der Waals surface area contributed by atoms with Crippen molar-refractivity contribution >= 4 is 15.8 Å². The summed E-state index contributed by atoms with van der Waals surface area (Å²) >= 11 is 0. The molecule has 6 nitrogen and oxygen atoms in total. The molecule has 0 saturated carbocycles. The summed E-state index contributed by atoms with van der Waals surface area (Å²) in [6.07, 6.45) is 1.46. The number of hydrogen-bond acceptors (Lipinski definition) is 4. The number of carboxylic acids is 1. The van der Waals surface area contributed by atoms with Crippen LogP contribution >= 0.6 is 0 Å². The standard InChI is InChI=1S/C11H15NO5S/c1-11(2,10(14)15)18(16,17)8-7-12-6-4-3-5-9(12)13/h3-6H,7-8H2,1-2H3,(H,14,15). The van der Waals surface area contributed by atoms with Gasteiger partial charge in [0.05, 0.1) is 5.75 Å². The van der Waals surface area contributed by atoms with E-state index in [2.05, 4.69) is 0 Å². The lowest BCUT2D eigenvalue weighted by Crippen LogP contribution is -2.43. The maximum Gasteiger partial charge on any atom is 0.324 e. The highest BCUT2D eigenvalue weighted by atomic mass is 32.2. The van der Waals surface area contributed by atoms with E-state index in [0.717, 1.165) is 13.8 Å². The van der Waals surface area contributed by atoms with E-state index in [1.165, 1.54) is 16.8 Å². The Morgan fingerprint density at radius 3 is 2.50 bits per heavy atom. The van der Waals surface area contributed by atoms with Gasteiger partial charge >= 0.3 is 5.97 Å². The minimum atomic E-state index is -3.83. The number of nitrogens with zero attached hydrogens (tertiary/aromatic N) is 1. The smallest absolute Gasteiger partial charge is 0.324 e. The van der Waals surface area contributed by atoms with Crippen LogP contribution in [0, 0.1) is 0 Å². The van der Waals surface area contributed by atoms with E-state index in [1.807, 2.05) is 0 Å². The fourth-order valence-corrected chi connectivity index (χ4v) is 2.47. The SMILES string of the molecule is CC(C)(C(=O)O)S(=O)(=O)CCn1ccccc1=O. The molecule has 1 N–H and O–H groups in total. The zero-order valence-corrected chi connectivity index (χ0v) is 11.0. The van der Waals surface area contributed by atoms with Gasteiger partial charge in [-0.1, -0.05) is 6.07 Å². The molecule has 0 aliphatic carbocycles. The molecule has 0 spiro atoms. The predicted molar refractivity (Wildman–Crippen MR) is 66.2 cm³/mol. The first-order valence-corrected chi connectivity index (χ1v) is 6.95. The first-order valence-electron chi connectivity index (χ1n) is 5.29. The number of pyridine rings is 1. The van der Waals surface area contributed by atoms with Gasteiger partial charge in [-0.2, -0.15) is 0 Å². The Morgan fingerprint density at radius 2 is 2.00 bits per heavy atom. The van der Waals surface area contributed by atoms with Gasteiger partial charge in [-0.15, -0.1) is 0 Å². The van der Waals surface area contributed by atoms with E-state index < -0.39 is 26.3 Å². The van der Waals surface area contributed by atoms with Crippen LogP contribution in [-0.4, -0.2) is 34.6 Å². The molecule has 0 aromatic carbocycles. The molecule has 100 valence electrons. The molecule has 0 saturated heterocycles. The average molecular weight is 273 g/mol. The van der Waals surface area contributed by atoms with Gasteiger partial charge in [0.25, 0.3) is 5.56 Å². The molecule has 0 aliphatic rings. The Balaban J connectivity index is 2.91. The van der Waals surface area contributed by atoms with Gasteiger partial charge in [0.1, 0.15) is 0 Å². The summed E-state index contributed by atoms with van der Waals surface area (Å²) in [7, 11) is -3.83. The van der Waals surface area contributed by atoms with E-state index in [4.69, 9.17) is 5.11 Å². The molecular formula is C11H15NO5S. The summed E-state index contributed by atoms with van der Waals surface area (Å²) in [5.41, 5.74) is -0.319. The molecule has 0 radical (unpaired) electrons. The van der Waals surface area contributed by atoms with Crippen LogP contribution < -0.4 is 5.56 Å². The summed E-state index contributed by atoms with van der Waals surface area (Å²) in [6, 6.07) is 4.47. The fourth-order valence-electron chi connectivity index (χ4n) is 1.25. The third-order valence-corrected chi connectivity index (χ3v) is 5.24. The van der Waals surface area contributed by atoms with Crippen molar-refractivity contribution < 1.29 is 18.3 Å². The highest BCUT2D eigenvalue weighted by Crippen LogP contribution is 2.17. The monoisotopic (exact) mass is 273 g/mol. The Kier molecular flexibility index (Phi) is 3.95. The van der Waals surface area contributed by atoms with Crippen molar-refractivity contribution in [3.63, 3.8) is 0 Å². The molecule has 1 heterocycles. The molecule has 0 unspecified atom stereocenters. The van der Waals surface area contributed by atoms with Gasteiger partial charge in [-0.05, 0) is 19.9 Å². The Morgan fingerprint density at radius 1 is 1.39 bits per heavy atom. The van der Waals surface area contributed by atoms with Crippen molar-refractivity contribution in [3.8, 4) is 0 Å². The first-order chi connectivity index (χ1) is 8.18. The van der Waals surface area contributed by atoms with Crippen molar-refractivity contribution in [2.45, 2.75) is 25.1 Å². The van der Waals surface area contributed by atoms with Crippen LogP contribution in [0.1, 0.15) is 13.8 Å². The first kappa shape index (κ1) is 14.4. The maximum absolute atomic E-state index is 11.9. The van der Waals surface area contributed by atoms with E-state index in [9.17, 15) is 18.0 Å². The van der Waals surface area contributed by atoms with E-state index in [-0.39, 0.29) is 12.1 Å². The van der Waals surface area contributed by atoms with Crippen LogP contribution in [0.2, 0.25) is 0 Å². The highest BCUT2D eigenvalue weighted by Gasteiger charge is 2.41. The van der Waals surface area contributed by atoms with Crippen LogP contribution in [0.5, 0.6) is 0 Å². The summed E-state index contributed by atoms with van der Waals surface area (Å²) < 4.78 is 23.1. The highest BCUT2D eigenvalue weighted by molar-refractivity contribution is 7.93. The number of rotatable bonds is 5. The molecule has 7 heteroatoms. The second-order valence-corrected chi connectivity index (χ2v) is 7.02. The summed E-state index contributed by atoms with van der Waals surface area (Å²) in [4.78, 5) is 22.3. The van der Waals surface area contributed by atoms with Gasteiger partial charge < -0.3 is 9.67 Å². The lowest BCUT2D eigenvalue weighted by atomic mass is 10.2. The maximum atomic E-state index is 11.9. The van der Waals surface area contributed by atoms with Crippen molar-refractivity contribution in [2.24, 2.45) is 0 Å². The van der Waals surface area contributed by atoms with Gasteiger partial charge in [0, 0.05) is 18.8 Å². The zero-order valence-electron chi connectivity index (χ0n) is 10.2. The van der Waals surface area contributed by atoms with E-state index in [0.29, 0.717) is 0 Å². The summed E-state index contributed by atoms with van der Waals surface area (Å²) in [5, 5.41) is 8.88.